The first-order valence-corrected chi connectivity index (χ1v) is 9.40. The Labute approximate surface area is 164 Å². The average Bonchev–Trinajstić information content (AvgIpc) is 2.97. The highest BCUT2D eigenvalue weighted by Gasteiger charge is 2.37. The standard InChI is InChI=1S/C22H23NO5/c1-3-4-5-6-13-28-22(26)15-7-12-18-19(14-15)21(25)23(20(18)24)16-8-10-17(27-2)11-9-16/h7-12,14H,3-6,13H2,1-2H3. The molecule has 0 aliphatic carbocycles. The molecule has 1 aliphatic rings. The third kappa shape index (κ3) is 3.91. The van der Waals surface area contributed by atoms with E-state index in [9.17, 15) is 14.4 Å². The molecule has 0 saturated carbocycles. The number of nitrogens with zero attached hydrogens (tertiary/aromatic N) is 1. The number of imide groups is 1. The van der Waals surface area contributed by atoms with Gasteiger partial charge in [-0.25, -0.2) is 9.69 Å². The molecule has 2 amide bonds. The van der Waals surface area contributed by atoms with Crippen LogP contribution < -0.4 is 9.64 Å². The number of esters is 1. The summed E-state index contributed by atoms with van der Waals surface area (Å²) in [5.41, 5.74) is 1.21. The van der Waals surface area contributed by atoms with Gasteiger partial charge >= 0.3 is 5.97 Å². The molecule has 6 heteroatoms. The summed E-state index contributed by atoms with van der Waals surface area (Å²) in [6, 6.07) is 11.1. The number of anilines is 1. The predicted octanol–water partition coefficient (Wildman–Crippen LogP) is 4.23. The van der Waals surface area contributed by atoms with Crippen molar-refractivity contribution in [1.82, 2.24) is 0 Å². The normalized spacial score (nSPS) is 12.9. The summed E-state index contributed by atoms with van der Waals surface area (Å²) in [5, 5.41) is 0. The lowest BCUT2D eigenvalue weighted by molar-refractivity contribution is 0.0497. The van der Waals surface area contributed by atoms with Gasteiger partial charge in [0.05, 0.1) is 36.1 Å². The highest BCUT2D eigenvalue weighted by molar-refractivity contribution is 6.34. The third-order valence-corrected chi connectivity index (χ3v) is 4.68. The summed E-state index contributed by atoms with van der Waals surface area (Å²) in [6.45, 7) is 2.46. The van der Waals surface area contributed by atoms with Crippen LogP contribution in [0.25, 0.3) is 0 Å². The summed E-state index contributed by atoms with van der Waals surface area (Å²) in [6.07, 6.45) is 4.04. The summed E-state index contributed by atoms with van der Waals surface area (Å²) < 4.78 is 10.4. The van der Waals surface area contributed by atoms with Gasteiger partial charge in [-0.05, 0) is 48.9 Å². The van der Waals surface area contributed by atoms with Crippen LogP contribution in [-0.2, 0) is 4.74 Å². The van der Waals surface area contributed by atoms with Crippen molar-refractivity contribution in [3.8, 4) is 5.75 Å². The largest absolute Gasteiger partial charge is 0.497 e. The van der Waals surface area contributed by atoms with Gasteiger partial charge in [0.2, 0.25) is 0 Å². The molecular weight excluding hydrogens is 358 g/mol. The van der Waals surface area contributed by atoms with Crippen molar-refractivity contribution in [1.29, 1.82) is 0 Å². The quantitative estimate of drug-likeness (QED) is 0.389. The average molecular weight is 381 g/mol. The first-order valence-electron chi connectivity index (χ1n) is 9.40. The molecule has 0 unspecified atom stereocenters. The second-order valence-corrected chi connectivity index (χ2v) is 6.60. The summed E-state index contributed by atoms with van der Waals surface area (Å²) in [4.78, 5) is 38.8. The van der Waals surface area contributed by atoms with Crippen molar-refractivity contribution >= 4 is 23.5 Å². The Hall–Kier alpha value is -3.15. The molecule has 1 heterocycles. The van der Waals surface area contributed by atoms with E-state index in [2.05, 4.69) is 6.92 Å². The molecule has 0 aromatic heterocycles. The number of hydrogen-bond acceptors (Lipinski definition) is 5. The lowest BCUT2D eigenvalue weighted by Gasteiger charge is -2.14. The second kappa shape index (κ2) is 8.69. The summed E-state index contributed by atoms with van der Waals surface area (Å²) in [7, 11) is 1.54. The topological polar surface area (TPSA) is 72.9 Å². The van der Waals surface area contributed by atoms with Gasteiger partial charge in [-0.15, -0.1) is 0 Å². The molecule has 0 fully saturated rings. The number of rotatable bonds is 8. The lowest BCUT2D eigenvalue weighted by Crippen LogP contribution is -2.29. The molecule has 0 N–H and O–H groups in total. The Bertz CT molecular complexity index is 888. The highest BCUT2D eigenvalue weighted by atomic mass is 16.5. The number of benzene rings is 2. The van der Waals surface area contributed by atoms with Gasteiger partial charge in [-0.2, -0.15) is 0 Å². The van der Waals surface area contributed by atoms with E-state index in [0.717, 1.165) is 30.6 Å². The molecule has 0 saturated heterocycles. The van der Waals surface area contributed by atoms with Gasteiger partial charge < -0.3 is 9.47 Å². The molecule has 0 radical (unpaired) electrons. The Kier molecular flexibility index (Phi) is 6.09. The number of ether oxygens (including phenoxy) is 2. The van der Waals surface area contributed by atoms with Crippen molar-refractivity contribution < 1.29 is 23.9 Å². The minimum atomic E-state index is -0.484. The molecular formula is C22H23NO5. The Morgan fingerprint density at radius 2 is 1.64 bits per heavy atom. The van der Waals surface area contributed by atoms with Crippen LogP contribution >= 0.6 is 0 Å². The molecule has 146 valence electrons. The number of carbonyl (C=O) groups is 3. The van der Waals surface area contributed by atoms with E-state index in [-0.39, 0.29) is 16.7 Å². The molecule has 6 nitrogen and oxygen atoms in total. The Morgan fingerprint density at radius 1 is 0.929 bits per heavy atom. The molecule has 0 bridgehead atoms. The van der Waals surface area contributed by atoms with E-state index in [1.54, 1.807) is 31.4 Å². The van der Waals surface area contributed by atoms with Crippen LogP contribution in [0.2, 0.25) is 0 Å². The van der Waals surface area contributed by atoms with Crippen LogP contribution in [-0.4, -0.2) is 31.5 Å². The zero-order valence-corrected chi connectivity index (χ0v) is 16.1. The fourth-order valence-electron chi connectivity index (χ4n) is 3.11. The Morgan fingerprint density at radius 3 is 2.32 bits per heavy atom. The minimum absolute atomic E-state index is 0.209. The number of carbonyl (C=O) groups excluding carboxylic acids is 3. The van der Waals surface area contributed by atoms with E-state index < -0.39 is 17.8 Å². The molecule has 2 aromatic rings. The number of unbranched alkanes of at least 4 members (excludes halogenated alkanes) is 3. The molecule has 3 rings (SSSR count). The first kappa shape index (κ1) is 19.6. The second-order valence-electron chi connectivity index (χ2n) is 6.60. The van der Waals surface area contributed by atoms with Crippen molar-refractivity contribution in [3.05, 3.63) is 59.2 Å². The Balaban J connectivity index is 1.74. The number of hydrogen-bond donors (Lipinski definition) is 0. The molecule has 2 aromatic carbocycles. The fraction of sp³-hybridized carbons (Fsp3) is 0.318. The van der Waals surface area contributed by atoms with Crippen LogP contribution in [0.1, 0.15) is 63.7 Å². The first-order chi connectivity index (χ1) is 13.6. The highest BCUT2D eigenvalue weighted by Crippen LogP contribution is 2.30. The van der Waals surface area contributed by atoms with Crippen molar-refractivity contribution in [2.24, 2.45) is 0 Å². The zero-order valence-electron chi connectivity index (χ0n) is 16.1. The molecule has 0 spiro atoms. The van der Waals surface area contributed by atoms with Gasteiger partial charge in [0.25, 0.3) is 11.8 Å². The zero-order chi connectivity index (χ0) is 20.1. The van der Waals surface area contributed by atoms with Crippen molar-refractivity contribution in [2.45, 2.75) is 32.6 Å². The van der Waals surface area contributed by atoms with E-state index in [0.29, 0.717) is 18.0 Å². The van der Waals surface area contributed by atoms with Crippen molar-refractivity contribution in [3.63, 3.8) is 0 Å². The van der Waals surface area contributed by atoms with Gasteiger partial charge in [-0.3, -0.25) is 9.59 Å². The number of amides is 2. The van der Waals surface area contributed by atoms with Crippen LogP contribution in [0.4, 0.5) is 5.69 Å². The van der Waals surface area contributed by atoms with Crippen LogP contribution in [0, 0.1) is 0 Å². The monoisotopic (exact) mass is 381 g/mol. The molecule has 1 aliphatic heterocycles. The SMILES string of the molecule is CCCCCCOC(=O)c1ccc2c(c1)C(=O)N(c1ccc(OC)cc1)C2=O. The van der Waals surface area contributed by atoms with Crippen LogP contribution in [0.3, 0.4) is 0 Å². The summed E-state index contributed by atoms with van der Waals surface area (Å²) in [5.74, 6) is -0.723. The third-order valence-electron chi connectivity index (χ3n) is 4.68. The number of methoxy groups -OCH3 is 1. The van der Waals surface area contributed by atoms with Crippen LogP contribution in [0.15, 0.2) is 42.5 Å². The van der Waals surface area contributed by atoms with E-state index >= 15 is 0 Å². The maximum atomic E-state index is 12.8. The van der Waals surface area contributed by atoms with Gasteiger partial charge in [0, 0.05) is 0 Å². The van der Waals surface area contributed by atoms with Gasteiger partial charge in [0.1, 0.15) is 5.75 Å². The summed E-state index contributed by atoms with van der Waals surface area (Å²) >= 11 is 0. The van der Waals surface area contributed by atoms with Crippen LogP contribution in [0.5, 0.6) is 5.75 Å². The maximum Gasteiger partial charge on any atom is 0.338 e. The van der Waals surface area contributed by atoms with Gasteiger partial charge in [-0.1, -0.05) is 26.2 Å². The lowest BCUT2D eigenvalue weighted by atomic mass is 10.1. The van der Waals surface area contributed by atoms with E-state index in [1.165, 1.54) is 18.2 Å². The smallest absolute Gasteiger partial charge is 0.338 e. The van der Waals surface area contributed by atoms with E-state index in [4.69, 9.17) is 9.47 Å². The predicted molar refractivity (Wildman–Crippen MR) is 105 cm³/mol. The molecule has 28 heavy (non-hydrogen) atoms. The van der Waals surface area contributed by atoms with Gasteiger partial charge in [0.15, 0.2) is 0 Å². The fourth-order valence-corrected chi connectivity index (χ4v) is 3.11. The minimum Gasteiger partial charge on any atom is -0.497 e. The molecule has 0 atom stereocenters. The number of fused-ring (bicyclic) bond motifs is 1. The van der Waals surface area contributed by atoms with E-state index in [1.807, 2.05) is 0 Å². The van der Waals surface area contributed by atoms with Crippen molar-refractivity contribution in [2.75, 3.05) is 18.6 Å². The maximum absolute atomic E-state index is 12.8.